The van der Waals surface area contributed by atoms with E-state index in [-0.39, 0.29) is 5.78 Å². The minimum absolute atomic E-state index is 0.201. The number of hydrogen-bond acceptors (Lipinski definition) is 3. The summed E-state index contributed by atoms with van der Waals surface area (Å²) < 4.78 is 5.49. The average molecular weight is 263 g/mol. The Labute approximate surface area is 116 Å². The molecule has 0 atom stereocenters. The van der Waals surface area contributed by atoms with E-state index < -0.39 is 0 Å². The van der Waals surface area contributed by atoms with Crippen molar-refractivity contribution in [1.29, 1.82) is 0 Å². The molecule has 3 heteroatoms. The van der Waals surface area contributed by atoms with Crippen molar-refractivity contribution in [3.05, 3.63) is 29.8 Å². The van der Waals surface area contributed by atoms with Gasteiger partial charge in [-0.3, -0.25) is 4.79 Å². The third kappa shape index (κ3) is 6.39. The highest BCUT2D eigenvalue weighted by molar-refractivity contribution is 5.96. The summed E-state index contributed by atoms with van der Waals surface area (Å²) in [5.74, 6) is 1.03. The van der Waals surface area contributed by atoms with Crippen LogP contribution in [0.5, 0.6) is 5.75 Å². The van der Waals surface area contributed by atoms with Crippen molar-refractivity contribution in [3.63, 3.8) is 0 Å². The zero-order chi connectivity index (χ0) is 14.1. The fourth-order valence-corrected chi connectivity index (χ4v) is 1.74. The summed E-state index contributed by atoms with van der Waals surface area (Å²) in [6.45, 7) is 7.89. The van der Waals surface area contributed by atoms with Gasteiger partial charge in [0.15, 0.2) is 5.78 Å². The summed E-state index contributed by atoms with van der Waals surface area (Å²) in [6, 6.07) is 7.92. The first kappa shape index (κ1) is 15.7. The Bertz CT molecular complexity index is 371. The molecule has 0 spiro atoms. The summed E-state index contributed by atoms with van der Waals surface area (Å²) in [4.78, 5) is 11.9. The van der Waals surface area contributed by atoms with Crippen LogP contribution in [0.4, 0.5) is 0 Å². The minimum atomic E-state index is 0.201. The first-order valence-corrected chi connectivity index (χ1v) is 7.13. The molecule has 0 aliphatic rings. The van der Waals surface area contributed by atoms with Crippen LogP contribution in [-0.4, -0.2) is 25.0 Å². The number of carbonyl (C=O) groups excluding carboxylic acids is 1. The molecule has 0 saturated carbocycles. The zero-order valence-corrected chi connectivity index (χ0v) is 12.2. The predicted octanol–water partition coefficient (Wildman–Crippen LogP) is 3.44. The Hall–Kier alpha value is -1.35. The standard InChI is InChI=1S/C16H25NO2/c1-4-12-19-15-9-7-14(8-10-15)16(18)6-5-11-17-13(2)3/h7-10,13,17H,4-6,11-12H2,1-3H3. The lowest BCUT2D eigenvalue weighted by molar-refractivity contribution is 0.0979. The molecule has 1 N–H and O–H groups in total. The molecule has 0 amide bonds. The highest BCUT2D eigenvalue weighted by atomic mass is 16.5. The molecule has 0 saturated heterocycles. The SMILES string of the molecule is CCCOc1ccc(C(=O)CCCNC(C)C)cc1. The fraction of sp³-hybridized carbons (Fsp3) is 0.562. The Morgan fingerprint density at radius 1 is 1.26 bits per heavy atom. The van der Waals surface area contributed by atoms with E-state index in [1.165, 1.54) is 0 Å². The second-order valence-corrected chi connectivity index (χ2v) is 5.01. The van der Waals surface area contributed by atoms with Crippen molar-refractivity contribution in [1.82, 2.24) is 5.32 Å². The van der Waals surface area contributed by atoms with Gasteiger partial charge in [0, 0.05) is 18.0 Å². The van der Waals surface area contributed by atoms with Crippen LogP contribution >= 0.6 is 0 Å². The van der Waals surface area contributed by atoms with Crippen LogP contribution < -0.4 is 10.1 Å². The maximum Gasteiger partial charge on any atom is 0.162 e. The quantitative estimate of drug-likeness (QED) is 0.548. The van der Waals surface area contributed by atoms with Crippen molar-refractivity contribution in [2.24, 2.45) is 0 Å². The van der Waals surface area contributed by atoms with Gasteiger partial charge >= 0.3 is 0 Å². The summed E-state index contributed by atoms with van der Waals surface area (Å²) in [6.07, 6.45) is 2.46. The van der Waals surface area contributed by atoms with Crippen molar-refractivity contribution >= 4 is 5.78 Å². The van der Waals surface area contributed by atoms with E-state index in [0.717, 1.165) is 30.7 Å². The third-order valence-corrected chi connectivity index (χ3v) is 2.78. The van der Waals surface area contributed by atoms with Crippen LogP contribution in [0, 0.1) is 0 Å². The van der Waals surface area contributed by atoms with Gasteiger partial charge in [-0.15, -0.1) is 0 Å². The molecule has 19 heavy (non-hydrogen) atoms. The maximum absolute atomic E-state index is 11.9. The normalized spacial score (nSPS) is 10.7. The summed E-state index contributed by atoms with van der Waals surface area (Å²) in [7, 11) is 0. The van der Waals surface area contributed by atoms with E-state index in [0.29, 0.717) is 19.1 Å². The maximum atomic E-state index is 11.9. The van der Waals surface area contributed by atoms with Gasteiger partial charge < -0.3 is 10.1 Å². The Kier molecular flexibility index (Phi) is 7.19. The van der Waals surface area contributed by atoms with Crippen LogP contribution in [-0.2, 0) is 0 Å². The lowest BCUT2D eigenvalue weighted by Crippen LogP contribution is -2.24. The lowest BCUT2D eigenvalue weighted by atomic mass is 10.1. The monoisotopic (exact) mass is 263 g/mol. The van der Waals surface area contributed by atoms with E-state index in [1.807, 2.05) is 24.3 Å². The number of nitrogens with one attached hydrogen (secondary N) is 1. The van der Waals surface area contributed by atoms with Gasteiger partial charge in [0.05, 0.1) is 6.61 Å². The lowest BCUT2D eigenvalue weighted by Gasteiger charge is -2.08. The van der Waals surface area contributed by atoms with Crippen molar-refractivity contribution < 1.29 is 9.53 Å². The molecule has 0 aromatic heterocycles. The van der Waals surface area contributed by atoms with Gasteiger partial charge in [0.25, 0.3) is 0 Å². The Morgan fingerprint density at radius 2 is 1.95 bits per heavy atom. The topological polar surface area (TPSA) is 38.3 Å². The second kappa shape index (κ2) is 8.70. The molecule has 0 unspecified atom stereocenters. The van der Waals surface area contributed by atoms with Crippen molar-refractivity contribution in [3.8, 4) is 5.75 Å². The van der Waals surface area contributed by atoms with Crippen LogP contribution in [0.2, 0.25) is 0 Å². The van der Waals surface area contributed by atoms with Crippen molar-refractivity contribution in [2.45, 2.75) is 46.1 Å². The zero-order valence-electron chi connectivity index (χ0n) is 12.2. The molecule has 0 heterocycles. The molecule has 0 aliphatic carbocycles. The predicted molar refractivity (Wildman–Crippen MR) is 78.9 cm³/mol. The average Bonchev–Trinajstić information content (AvgIpc) is 2.41. The van der Waals surface area contributed by atoms with Crippen LogP contribution in [0.15, 0.2) is 24.3 Å². The van der Waals surface area contributed by atoms with Crippen molar-refractivity contribution in [2.75, 3.05) is 13.2 Å². The summed E-state index contributed by atoms with van der Waals surface area (Å²) in [5.41, 5.74) is 0.772. The van der Waals surface area contributed by atoms with E-state index in [4.69, 9.17) is 4.74 Å². The van der Waals surface area contributed by atoms with Gasteiger partial charge in [0.1, 0.15) is 5.75 Å². The first-order chi connectivity index (χ1) is 9.13. The highest BCUT2D eigenvalue weighted by Gasteiger charge is 2.05. The number of ketones is 1. The third-order valence-electron chi connectivity index (χ3n) is 2.78. The van der Waals surface area contributed by atoms with E-state index >= 15 is 0 Å². The molecule has 3 nitrogen and oxygen atoms in total. The Morgan fingerprint density at radius 3 is 2.53 bits per heavy atom. The number of benzene rings is 1. The number of rotatable bonds is 9. The summed E-state index contributed by atoms with van der Waals surface area (Å²) in [5, 5.41) is 3.31. The van der Waals surface area contributed by atoms with Crippen LogP contribution in [0.3, 0.4) is 0 Å². The van der Waals surface area contributed by atoms with Gasteiger partial charge in [-0.25, -0.2) is 0 Å². The molecule has 0 radical (unpaired) electrons. The first-order valence-electron chi connectivity index (χ1n) is 7.13. The number of Topliss-reactive ketones (excluding diaryl/α,β-unsaturated/α-hetero) is 1. The second-order valence-electron chi connectivity index (χ2n) is 5.01. The van der Waals surface area contributed by atoms with Gasteiger partial charge in [-0.05, 0) is 43.7 Å². The molecular formula is C16H25NO2. The molecular weight excluding hydrogens is 238 g/mol. The van der Waals surface area contributed by atoms with E-state index in [9.17, 15) is 4.79 Å². The van der Waals surface area contributed by atoms with Gasteiger partial charge in [-0.1, -0.05) is 20.8 Å². The Balaban J connectivity index is 2.36. The van der Waals surface area contributed by atoms with Crippen LogP contribution in [0.1, 0.15) is 50.4 Å². The van der Waals surface area contributed by atoms with E-state index in [2.05, 4.69) is 26.1 Å². The molecule has 1 aromatic carbocycles. The smallest absolute Gasteiger partial charge is 0.162 e. The summed E-state index contributed by atoms with van der Waals surface area (Å²) >= 11 is 0. The molecule has 106 valence electrons. The van der Waals surface area contributed by atoms with Crippen LogP contribution in [0.25, 0.3) is 0 Å². The molecule has 0 bridgehead atoms. The highest BCUT2D eigenvalue weighted by Crippen LogP contribution is 2.14. The molecule has 1 rings (SSSR count). The number of carbonyl (C=O) groups is 1. The van der Waals surface area contributed by atoms with E-state index in [1.54, 1.807) is 0 Å². The molecule has 1 aromatic rings. The minimum Gasteiger partial charge on any atom is -0.494 e. The number of ether oxygens (including phenoxy) is 1. The van der Waals surface area contributed by atoms with Gasteiger partial charge in [-0.2, -0.15) is 0 Å². The fourth-order valence-electron chi connectivity index (χ4n) is 1.74. The molecule has 0 fully saturated rings. The largest absolute Gasteiger partial charge is 0.494 e. The molecule has 0 aliphatic heterocycles. The van der Waals surface area contributed by atoms with Gasteiger partial charge in [0.2, 0.25) is 0 Å². The number of hydrogen-bond donors (Lipinski definition) is 1.